The van der Waals surface area contributed by atoms with Gasteiger partial charge in [-0.05, 0) is 69.2 Å². The smallest absolute Gasteiger partial charge is 0.338 e. The van der Waals surface area contributed by atoms with Crippen LogP contribution in [0.1, 0.15) is 49.2 Å². The predicted molar refractivity (Wildman–Crippen MR) is 159 cm³/mol. The zero-order valence-corrected chi connectivity index (χ0v) is 24.3. The molecule has 0 unspecified atom stereocenters. The second kappa shape index (κ2) is 13.1. The Morgan fingerprint density at radius 1 is 1.05 bits per heavy atom. The number of hydrogen-bond donors (Lipinski definition) is 3. The summed E-state index contributed by atoms with van der Waals surface area (Å²) in [7, 11) is -3.72. The Morgan fingerprint density at radius 2 is 1.78 bits per heavy atom. The summed E-state index contributed by atoms with van der Waals surface area (Å²) < 4.78 is 34.9. The van der Waals surface area contributed by atoms with Gasteiger partial charge in [-0.3, -0.25) is 4.72 Å². The Kier molecular flexibility index (Phi) is 9.59. The lowest BCUT2D eigenvalue weighted by Crippen LogP contribution is -2.42. The van der Waals surface area contributed by atoms with E-state index in [1.165, 1.54) is 12.1 Å². The van der Waals surface area contributed by atoms with Gasteiger partial charge in [0.25, 0.3) is 10.0 Å². The van der Waals surface area contributed by atoms with E-state index in [0.717, 1.165) is 17.7 Å². The summed E-state index contributed by atoms with van der Waals surface area (Å²) in [5, 5.41) is 14.3. The van der Waals surface area contributed by atoms with Crippen LogP contribution in [0, 0.1) is 0 Å². The highest BCUT2D eigenvalue weighted by Crippen LogP contribution is 2.22. The van der Waals surface area contributed by atoms with E-state index in [-0.39, 0.29) is 16.4 Å². The maximum Gasteiger partial charge on any atom is 0.338 e. The largest absolute Gasteiger partial charge is 0.462 e. The van der Waals surface area contributed by atoms with Crippen molar-refractivity contribution >= 4 is 21.7 Å². The number of carbonyl (C=O) groups is 1. The number of aliphatic hydroxyl groups excluding tert-OH is 1. The predicted octanol–water partition coefficient (Wildman–Crippen LogP) is 5.02. The van der Waals surface area contributed by atoms with Crippen LogP contribution in [0.4, 0.5) is 5.69 Å². The van der Waals surface area contributed by atoms with E-state index in [1.54, 1.807) is 67.8 Å². The number of sulfonamides is 1. The van der Waals surface area contributed by atoms with Gasteiger partial charge in [-0.2, -0.15) is 0 Å². The maximum absolute atomic E-state index is 12.7. The minimum atomic E-state index is -3.72. The molecule has 3 N–H and O–H groups in total. The van der Waals surface area contributed by atoms with Crippen LogP contribution in [0.15, 0.2) is 96.3 Å². The number of rotatable bonds is 13. The topological polar surface area (TPSA) is 123 Å². The summed E-state index contributed by atoms with van der Waals surface area (Å²) in [5.74, 6) is -0.343. The molecule has 4 aromatic rings. The number of ether oxygens (including phenoxy) is 1. The Morgan fingerprint density at radius 3 is 2.49 bits per heavy atom. The Bertz CT molecular complexity index is 1550. The van der Waals surface area contributed by atoms with Crippen LogP contribution < -0.4 is 10.0 Å². The van der Waals surface area contributed by atoms with Crippen molar-refractivity contribution in [2.75, 3.05) is 17.9 Å². The van der Waals surface area contributed by atoms with Crippen molar-refractivity contribution in [3.8, 4) is 11.3 Å². The number of esters is 1. The van der Waals surface area contributed by atoms with Crippen molar-refractivity contribution in [1.29, 1.82) is 0 Å². The Labute approximate surface area is 241 Å². The van der Waals surface area contributed by atoms with Crippen molar-refractivity contribution in [2.24, 2.45) is 0 Å². The summed E-state index contributed by atoms with van der Waals surface area (Å²) in [6.07, 6.45) is 3.69. The molecule has 0 aliphatic carbocycles. The van der Waals surface area contributed by atoms with Gasteiger partial charge in [0, 0.05) is 36.1 Å². The van der Waals surface area contributed by atoms with Crippen LogP contribution in [0.2, 0.25) is 0 Å². The van der Waals surface area contributed by atoms with Gasteiger partial charge < -0.3 is 19.7 Å². The Balaban J connectivity index is 1.30. The summed E-state index contributed by atoms with van der Waals surface area (Å²) >= 11 is 0. The molecule has 9 nitrogen and oxygen atoms in total. The van der Waals surface area contributed by atoms with Gasteiger partial charge in [-0.1, -0.05) is 42.5 Å². The molecular weight excluding hydrogens is 540 g/mol. The quantitative estimate of drug-likeness (QED) is 0.191. The first-order valence-electron chi connectivity index (χ1n) is 13.5. The average Bonchev–Trinajstić information content (AvgIpc) is 3.45. The average molecular weight is 577 g/mol. The fourth-order valence-electron chi connectivity index (χ4n) is 4.23. The monoisotopic (exact) mass is 576 g/mol. The third kappa shape index (κ3) is 8.26. The number of aromatic nitrogens is 2. The van der Waals surface area contributed by atoms with Gasteiger partial charge in [-0.25, -0.2) is 18.2 Å². The number of benzene rings is 3. The lowest BCUT2D eigenvalue weighted by molar-refractivity contribution is 0.0526. The normalized spacial score (nSPS) is 12.6. The SMILES string of the molecule is CCOC(=O)c1ccc(-c2cn(CCC(C)(C)NC[C@@H](O)c3cccc(NS(=O)(=O)c4ccccc4)c3)cn2)cc1. The van der Waals surface area contributed by atoms with Crippen molar-refractivity contribution < 1.29 is 23.1 Å². The first-order chi connectivity index (χ1) is 19.6. The highest BCUT2D eigenvalue weighted by Gasteiger charge is 2.20. The minimum Gasteiger partial charge on any atom is -0.462 e. The first-order valence-corrected chi connectivity index (χ1v) is 14.9. The minimum absolute atomic E-state index is 0.172. The molecule has 1 heterocycles. The second-order valence-electron chi connectivity index (χ2n) is 10.4. The molecule has 3 aromatic carbocycles. The number of β-amino-alcohol motifs (C(OH)–C–C–N with tert-alkyl or cyclic N) is 1. The molecule has 10 heteroatoms. The van der Waals surface area contributed by atoms with Crippen LogP contribution in [-0.2, 0) is 21.3 Å². The molecule has 0 saturated heterocycles. The van der Waals surface area contributed by atoms with E-state index < -0.39 is 16.1 Å². The zero-order chi connectivity index (χ0) is 29.5. The van der Waals surface area contributed by atoms with Gasteiger partial charge in [0.2, 0.25) is 0 Å². The summed E-state index contributed by atoms with van der Waals surface area (Å²) in [4.78, 5) is 16.6. The summed E-state index contributed by atoms with van der Waals surface area (Å²) in [6, 6.07) is 22.1. The molecule has 0 amide bonds. The number of aliphatic hydroxyl groups is 1. The molecule has 216 valence electrons. The van der Waals surface area contributed by atoms with Crippen LogP contribution in [-0.4, -0.2) is 47.7 Å². The van der Waals surface area contributed by atoms with E-state index in [1.807, 2.05) is 22.9 Å². The molecular formula is C31H36N4O5S. The Hall–Kier alpha value is -3.99. The number of hydrogen-bond acceptors (Lipinski definition) is 7. The molecule has 1 aromatic heterocycles. The molecule has 0 saturated carbocycles. The van der Waals surface area contributed by atoms with Crippen LogP contribution in [0.25, 0.3) is 11.3 Å². The van der Waals surface area contributed by atoms with Crippen LogP contribution in [0.5, 0.6) is 0 Å². The van der Waals surface area contributed by atoms with Gasteiger partial charge >= 0.3 is 5.97 Å². The fraction of sp³-hybridized carbons (Fsp3) is 0.290. The van der Waals surface area contributed by atoms with E-state index in [2.05, 4.69) is 28.9 Å². The lowest BCUT2D eigenvalue weighted by Gasteiger charge is -2.28. The molecule has 4 rings (SSSR count). The molecule has 0 aliphatic rings. The second-order valence-corrected chi connectivity index (χ2v) is 12.1. The van der Waals surface area contributed by atoms with Crippen molar-refractivity contribution in [3.05, 3.63) is 103 Å². The molecule has 41 heavy (non-hydrogen) atoms. The molecule has 0 radical (unpaired) electrons. The van der Waals surface area contributed by atoms with E-state index in [9.17, 15) is 18.3 Å². The summed E-state index contributed by atoms with van der Waals surface area (Å²) in [6.45, 7) is 7.25. The molecule has 0 aliphatic heterocycles. The number of aryl methyl sites for hydroxylation is 1. The molecule has 0 spiro atoms. The summed E-state index contributed by atoms with van der Waals surface area (Å²) in [5.41, 5.74) is 2.92. The third-order valence-corrected chi connectivity index (χ3v) is 8.07. The molecule has 0 fully saturated rings. The third-order valence-electron chi connectivity index (χ3n) is 6.67. The van der Waals surface area contributed by atoms with E-state index >= 15 is 0 Å². The number of imidazole rings is 1. The van der Waals surface area contributed by atoms with E-state index in [4.69, 9.17) is 4.74 Å². The van der Waals surface area contributed by atoms with Gasteiger partial charge in [0.05, 0.1) is 35.2 Å². The van der Waals surface area contributed by atoms with E-state index in [0.29, 0.717) is 36.5 Å². The lowest BCUT2D eigenvalue weighted by atomic mass is 9.99. The highest BCUT2D eigenvalue weighted by molar-refractivity contribution is 7.92. The van der Waals surface area contributed by atoms with Gasteiger partial charge in [-0.15, -0.1) is 0 Å². The fourth-order valence-corrected chi connectivity index (χ4v) is 5.30. The highest BCUT2D eigenvalue weighted by atomic mass is 32.2. The standard InChI is InChI=1S/C31H36N4O5S/c1-4-40-30(37)24-15-13-23(14-16-24)28-21-35(22-32-28)18-17-31(2,3)33-20-29(36)25-9-8-10-26(19-25)34-41(38,39)27-11-6-5-7-12-27/h5-16,19,21-22,29,33-34,36H,4,17-18,20H2,1-3H3/t29-/m1/s1. The number of anilines is 1. The molecule has 0 bridgehead atoms. The first kappa shape index (κ1) is 30.0. The van der Waals surface area contributed by atoms with Crippen LogP contribution in [0.3, 0.4) is 0 Å². The van der Waals surface area contributed by atoms with Crippen molar-refractivity contribution in [3.63, 3.8) is 0 Å². The number of nitrogens with one attached hydrogen (secondary N) is 2. The van der Waals surface area contributed by atoms with Crippen LogP contribution >= 0.6 is 0 Å². The molecule has 1 atom stereocenters. The van der Waals surface area contributed by atoms with Crippen molar-refractivity contribution in [2.45, 2.75) is 50.3 Å². The number of carbonyl (C=O) groups excluding carboxylic acids is 1. The maximum atomic E-state index is 12.7. The van der Waals surface area contributed by atoms with Gasteiger partial charge in [0.15, 0.2) is 0 Å². The zero-order valence-electron chi connectivity index (χ0n) is 23.4. The van der Waals surface area contributed by atoms with Gasteiger partial charge in [0.1, 0.15) is 0 Å². The van der Waals surface area contributed by atoms with Crippen molar-refractivity contribution in [1.82, 2.24) is 14.9 Å². The number of nitrogens with zero attached hydrogens (tertiary/aromatic N) is 2.